The lowest BCUT2D eigenvalue weighted by molar-refractivity contribution is 0.0505. The van der Waals surface area contributed by atoms with Gasteiger partial charge in [0.15, 0.2) is 0 Å². The van der Waals surface area contributed by atoms with Crippen molar-refractivity contribution in [3.05, 3.63) is 95.1 Å². The summed E-state index contributed by atoms with van der Waals surface area (Å²) in [5.41, 5.74) is 6.54. The monoisotopic (exact) mass is 527 g/mol. The molecule has 1 aliphatic heterocycles. The molecule has 0 saturated carbocycles. The highest BCUT2D eigenvalue weighted by Gasteiger charge is 2.29. The summed E-state index contributed by atoms with van der Waals surface area (Å²) in [6, 6.07) is 25.0. The lowest BCUT2D eigenvalue weighted by Gasteiger charge is -2.22. The summed E-state index contributed by atoms with van der Waals surface area (Å²) in [6.45, 7) is 8.84. The maximum Gasteiger partial charge on any atom is 0.407 e. The molecule has 7 nitrogen and oxygen atoms in total. The van der Waals surface area contributed by atoms with Gasteiger partial charge in [-0.25, -0.2) is 9.59 Å². The molecule has 0 radical (unpaired) electrons. The smallest absolute Gasteiger partial charge is 0.407 e. The van der Waals surface area contributed by atoms with Gasteiger partial charge in [0.2, 0.25) is 0 Å². The number of hydrogen-bond acceptors (Lipinski definition) is 5. The van der Waals surface area contributed by atoms with E-state index in [1.807, 2.05) is 57.2 Å². The van der Waals surface area contributed by atoms with E-state index in [0.717, 1.165) is 31.6 Å². The van der Waals surface area contributed by atoms with Gasteiger partial charge < -0.3 is 20.1 Å². The highest BCUT2D eigenvalue weighted by molar-refractivity contribution is 5.79. The summed E-state index contributed by atoms with van der Waals surface area (Å²) in [5, 5.41) is 5.85. The first kappa shape index (κ1) is 26.8. The standard InChI is InChI=1S/C32H37N3O4/c1-32(2,3)39-31(37)34-24-16-17-35(20-24)19-23-14-12-22(13-15-23)18-33-30(36)38-21-29-27-10-6-4-8-25(27)26-9-5-7-11-28(26)29/h4-15,24,29H,16-21H2,1-3H3,(H,33,36)(H,34,37)/t24-/m0/s1. The second-order valence-electron chi connectivity index (χ2n) is 11.4. The summed E-state index contributed by atoms with van der Waals surface area (Å²) in [7, 11) is 0. The number of rotatable bonds is 7. The number of carbonyl (C=O) groups excluding carboxylic acids is 2. The number of hydrogen-bond donors (Lipinski definition) is 2. The molecule has 7 heteroatoms. The molecule has 1 heterocycles. The fourth-order valence-corrected chi connectivity index (χ4v) is 5.41. The molecule has 1 atom stereocenters. The van der Waals surface area contributed by atoms with Crippen molar-refractivity contribution in [3.8, 4) is 11.1 Å². The van der Waals surface area contributed by atoms with Crippen molar-refractivity contribution in [2.75, 3.05) is 19.7 Å². The molecule has 204 valence electrons. The summed E-state index contributed by atoms with van der Waals surface area (Å²) in [6.07, 6.45) is 0.130. The van der Waals surface area contributed by atoms with Crippen LogP contribution in [-0.2, 0) is 22.6 Å². The molecule has 0 aromatic heterocycles. The van der Waals surface area contributed by atoms with Gasteiger partial charge in [-0.05, 0) is 60.6 Å². The largest absolute Gasteiger partial charge is 0.449 e. The molecule has 1 saturated heterocycles. The van der Waals surface area contributed by atoms with Crippen molar-refractivity contribution >= 4 is 12.2 Å². The third kappa shape index (κ3) is 6.79. The Morgan fingerprint density at radius 1 is 0.872 bits per heavy atom. The van der Waals surface area contributed by atoms with Gasteiger partial charge in [0.25, 0.3) is 0 Å². The fourth-order valence-electron chi connectivity index (χ4n) is 5.41. The number of amides is 2. The molecule has 0 unspecified atom stereocenters. The summed E-state index contributed by atoms with van der Waals surface area (Å²) >= 11 is 0. The molecule has 3 aromatic carbocycles. The van der Waals surface area contributed by atoms with Crippen LogP contribution in [0.25, 0.3) is 11.1 Å². The molecule has 1 aliphatic carbocycles. The molecule has 2 N–H and O–H groups in total. The average molecular weight is 528 g/mol. The van der Waals surface area contributed by atoms with Crippen LogP contribution < -0.4 is 10.6 Å². The van der Waals surface area contributed by atoms with Crippen molar-refractivity contribution in [2.24, 2.45) is 0 Å². The van der Waals surface area contributed by atoms with Crippen molar-refractivity contribution in [2.45, 2.75) is 57.8 Å². The Bertz CT molecular complexity index is 1270. The van der Waals surface area contributed by atoms with Crippen molar-refractivity contribution < 1.29 is 19.1 Å². The summed E-state index contributed by atoms with van der Waals surface area (Å²) < 4.78 is 11.0. The first-order valence-corrected chi connectivity index (χ1v) is 13.6. The number of likely N-dealkylation sites (tertiary alicyclic amines) is 1. The molecule has 3 aromatic rings. The number of nitrogens with zero attached hydrogens (tertiary/aromatic N) is 1. The van der Waals surface area contributed by atoms with E-state index in [2.05, 4.69) is 51.9 Å². The Morgan fingerprint density at radius 2 is 1.49 bits per heavy atom. The normalized spacial score (nSPS) is 16.8. The van der Waals surface area contributed by atoms with Crippen LogP contribution >= 0.6 is 0 Å². The minimum atomic E-state index is -0.496. The van der Waals surface area contributed by atoms with Crippen molar-refractivity contribution in [3.63, 3.8) is 0 Å². The maximum atomic E-state index is 12.5. The third-order valence-corrected chi connectivity index (χ3v) is 7.20. The molecule has 5 rings (SSSR count). The van der Waals surface area contributed by atoms with E-state index in [1.54, 1.807) is 0 Å². The van der Waals surface area contributed by atoms with E-state index in [-0.39, 0.29) is 18.1 Å². The van der Waals surface area contributed by atoms with Crippen LogP contribution in [-0.4, -0.2) is 48.4 Å². The fraction of sp³-hybridized carbons (Fsp3) is 0.375. The van der Waals surface area contributed by atoms with Crippen LogP contribution in [0.4, 0.5) is 9.59 Å². The zero-order valence-corrected chi connectivity index (χ0v) is 22.9. The van der Waals surface area contributed by atoms with Crippen molar-refractivity contribution in [1.82, 2.24) is 15.5 Å². The number of alkyl carbamates (subject to hydrolysis) is 2. The Hall–Kier alpha value is -3.84. The zero-order chi connectivity index (χ0) is 27.4. The Kier molecular flexibility index (Phi) is 7.89. The first-order chi connectivity index (χ1) is 18.7. The van der Waals surface area contributed by atoms with Crippen LogP contribution in [0.5, 0.6) is 0 Å². The molecule has 2 amide bonds. The number of nitrogens with one attached hydrogen (secondary N) is 2. The molecule has 39 heavy (non-hydrogen) atoms. The van der Waals surface area contributed by atoms with E-state index in [9.17, 15) is 9.59 Å². The van der Waals surface area contributed by atoms with E-state index >= 15 is 0 Å². The topological polar surface area (TPSA) is 79.9 Å². The summed E-state index contributed by atoms with van der Waals surface area (Å²) in [4.78, 5) is 26.9. The molecular formula is C32H37N3O4. The number of carbonyl (C=O) groups is 2. The molecule has 0 spiro atoms. The van der Waals surface area contributed by atoms with Gasteiger partial charge in [-0.3, -0.25) is 4.90 Å². The van der Waals surface area contributed by atoms with E-state index in [1.165, 1.54) is 27.8 Å². The van der Waals surface area contributed by atoms with Gasteiger partial charge in [-0.1, -0.05) is 72.8 Å². The van der Waals surface area contributed by atoms with Crippen molar-refractivity contribution in [1.29, 1.82) is 0 Å². The molecule has 2 aliphatic rings. The SMILES string of the molecule is CC(C)(C)OC(=O)N[C@H]1CCN(Cc2ccc(CNC(=O)OCC3c4ccccc4-c4ccccc43)cc2)C1. The lowest BCUT2D eigenvalue weighted by atomic mass is 9.98. The van der Waals surface area contributed by atoms with Crippen LogP contribution in [0.3, 0.4) is 0 Å². The molecular weight excluding hydrogens is 490 g/mol. The Labute approximate surface area is 230 Å². The van der Waals surface area contributed by atoms with E-state index in [0.29, 0.717) is 13.2 Å². The second-order valence-corrected chi connectivity index (χ2v) is 11.4. The van der Waals surface area contributed by atoms with Gasteiger partial charge in [-0.2, -0.15) is 0 Å². The van der Waals surface area contributed by atoms with E-state index < -0.39 is 11.7 Å². The van der Waals surface area contributed by atoms with Gasteiger partial charge in [0.05, 0.1) is 0 Å². The Balaban J connectivity index is 1.06. The molecule has 0 bridgehead atoms. The van der Waals surface area contributed by atoms with Crippen LogP contribution in [0.15, 0.2) is 72.8 Å². The Morgan fingerprint density at radius 3 is 2.13 bits per heavy atom. The number of benzene rings is 3. The number of ether oxygens (including phenoxy) is 2. The summed E-state index contributed by atoms with van der Waals surface area (Å²) in [5.74, 6) is 0.0481. The molecule has 1 fully saturated rings. The van der Waals surface area contributed by atoms with Gasteiger partial charge in [-0.15, -0.1) is 0 Å². The minimum absolute atomic E-state index is 0.0481. The lowest BCUT2D eigenvalue weighted by Crippen LogP contribution is -2.40. The van der Waals surface area contributed by atoms with Crippen LogP contribution in [0.1, 0.15) is 55.4 Å². The zero-order valence-electron chi connectivity index (χ0n) is 22.9. The highest BCUT2D eigenvalue weighted by atomic mass is 16.6. The van der Waals surface area contributed by atoms with Gasteiger partial charge in [0.1, 0.15) is 12.2 Å². The highest BCUT2D eigenvalue weighted by Crippen LogP contribution is 2.44. The number of fused-ring (bicyclic) bond motifs is 3. The first-order valence-electron chi connectivity index (χ1n) is 13.6. The van der Waals surface area contributed by atoms with Crippen LogP contribution in [0, 0.1) is 0 Å². The second kappa shape index (κ2) is 11.5. The predicted octanol–water partition coefficient (Wildman–Crippen LogP) is 5.82. The van der Waals surface area contributed by atoms with Crippen LogP contribution in [0.2, 0.25) is 0 Å². The average Bonchev–Trinajstić information content (AvgIpc) is 3.47. The van der Waals surface area contributed by atoms with Gasteiger partial charge in [0, 0.05) is 38.1 Å². The van der Waals surface area contributed by atoms with E-state index in [4.69, 9.17) is 9.47 Å². The third-order valence-electron chi connectivity index (χ3n) is 7.20. The quantitative estimate of drug-likeness (QED) is 0.405. The van der Waals surface area contributed by atoms with Gasteiger partial charge >= 0.3 is 12.2 Å². The predicted molar refractivity (Wildman–Crippen MR) is 151 cm³/mol. The minimum Gasteiger partial charge on any atom is -0.449 e. The maximum absolute atomic E-state index is 12.5.